The first kappa shape index (κ1) is 14.9. The summed E-state index contributed by atoms with van der Waals surface area (Å²) < 4.78 is 5.53. The standard InChI is InChI=1S/C16H23NO3/c1-12(2)14-3-5-15(6-4-14)20-11-16(19)17-8-7-13(9-17)10-18/h3-6,12-13,18H,7-11H2,1-2H3. The number of rotatable bonds is 5. The molecule has 1 atom stereocenters. The average molecular weight is 277 g/mol. The van der Waals surface area contributed by atoms with Gasteiger partial charge in [0.05, 0.1) is 0 Å². The topological polar surface area (TPSA) is 49.8 Å². The number of aliphatic hydroxyl groups excluding tert-OH is 1. The van der Waals surface area contributed by atoms with E-state index < -0.39 is 0 Å². The minimum atomic E-state index is -0.00566. The highest BCUT2D eigenvalue weighted by Crippen LogP contribution is 2.19. The number of nitrogens with zero attached hydrogens (tertiary/aromatic N) is 1. The predicted octanol–water partition coefficient (Wildman–Crippen LogP) is 2.03. The van der Waals surface area contributed by atoms with E-state index in [0.717, 1.165) is 18.7 Å². The van der Waals surface area contributed by atoms with E-state index in [4.69, 9.17) is 9.84 Å². The summed E-state index contributed by atoms with van der Waals surface area (Å²) in [4.78, 5) is 13.7. The molecule has 0 aliphatic carbocycles. The van der Waals surface area contributed by atoms with E-state index in [9.17, 15) is 4.79 Å². The molecule has 1 N–H and O–H groups in total. The number of aliphatic hydroxyl groups is 1. The molecule has 1 aromatic carbocycles. The molecule has 2 rings (SSSR count). The molecule has 1 unspecified atom stereocenters. The second-order valence-electron chi connectivity index (χ2n) is 5.69. The molecular weight excluding hydrogens is 254 g/mol. The Morgan fingerprint density at radius 2 is 2.10 bits per heavy atom. The van der Waals surface area contributed by atoms with Crippen LogP contribution < -0.4 is 4.74 Å². The fraction of sp³-hybridized carbons (Fsp3) is 0.562. The van der Waals surface area contributed by atoms with E-state index in [0.29, 0.717) is 12.5 Å². The maximum Gasteiger partial charge on any atom is 0.260 e. The molecule has 4 nitrogen and oxygen atoms in total. The Kier molecular flexibility index (Phi) is 5.01. The molecule has 1 amide bonds. The van der Waals surface area contributed by atoms with Gasteiger partial charge >= 0.3 is 0 Å². The molecule has 0 aromatic heterocycles. The quantitative estimate of drug-likeness (QED) is 0.896. The molecule has 1 saturated heterocycles. The van der Waals surface area contributed by atoms with Gasteiger partial charge in [0.15, 0.2) is 6.61 Å². The van der Waals surface area contributed by atoms with Gasteiger partial charge in [-0.1, -0.05) is 26.0 Å². The molecule has 1 heterocycles. The van der Waals surface area contributed by atoms with Gasteiger partial charge in [0.2, 0.25) is 0 Å². The van der Waals surface area contributed by atoms with Crippen molar-refractivity contribution in [1.29, 1.82) is 0 Å². The lowest BCUT2D eigenvalue weighted by Gasteiger charge is -2.16. The van der Waals surface area contributed by atoms with Crippen molar-refractivity contribution in [3.63, 3.8) is 0 Å². The van der Waals surface area contributed by atoms with Crippen molar-refractivity contribution in [2.75, 3.05) is 26.3 Å². The number of carbonyl (C=O) groups is 1. The van der Waals surface area contributed by atoms with Crippen LogP contribution in [0.5, 0.6) is 5.75 Å². The van der Waals surface area contributed by atoms with Gasteiger partial charge in [0, 0.05) is 25.6 Å². The highest BCUT2D eigenvalue weighted by Gasteiger charge is 2.25. The molecule has 0 spiro atoms. The van der Waals surface area contributed by atoms with Crippen LogP contribution in [0.25, 0.3) is 0 Å². The van der Waals surface area contributed by atoms with Crippen molar-refractivity contribution in [3.05, 3.63) is 29.8 Å². The van der Waals surface area contributed by atoms with Crippen LogP contribution in [0.3, 0.4) is 0 Å². The van der Waals surface area contributed by atoms with Crippen molar-refractivity contribution >= 4 is 5.91 Å². The normalized spacial score (nSPS) is 18.6. The largest absolute Gasteiger partial charge is 0.484 e. The molecular formula is C16H23NO3. The Morgan fingerprint density at radius 3 is 2.65 bits per heavy atom. The van der Waals surface area contributed by atoms with E-state index in [2.05, 4.69) is 13.8 Å². The summed E-state index contributed by atoms with van der Waals surface area (Å²) in [5.41, 5.74) is 1.26. The fourth-order valence-electron chi connectivity index (χ4n) is 2.39. The minimum Gasteiger partial charge on any atom is -0.484 e. The summed E-state index contributed by atoms with van der Waals surface area (Å²) in [5.74, 6) is 1.43. The van der Waals surface area contributed by atoms with Gasteiger partial charge in [-0.05, 0) is 30.0 Å². The zero-order valence-corrected chi connectivity index (χ0v) is 12.2. The third-order valence-corrected chi connectivity index (χ3v) is 3.81. The van der Waals surface area contributed by atoms with Gasteiger partial charge in [0.25, 0.3) is 5.91 Å². The summed E-state index contributed by atoms with van der Waals surface area (Å²) in [6.07, 6.45) is 0.880. The van der Waals surface area contributed by atoms with Gasteiger partial charge < -0.3 is 14.7 Å². The van der Waals surface area contributed by atoms with E-state index in [1.165, 1.54) is 5.56 Å². The Balaban J connectivity index is 1.81. The van der Waals surface area contributed by atoms with Crippen LogP contribution in [0.15, 0.2) is 24.3 Å². The van der Waals surface area contributed by atoms with Crippen LogP contribution in [0.2, 0.25) is 0 Å². The lowest BCUT2D eigenvalue weighted by Crippen LogP contribution is -2.33. The number of ether oxygens (including phenoxy) is 1. The smallest absolute Gasteiger partial charge is 0.260 e. The highest BCUT2D eigenvalue weighted by atomic mass is 16.5. The van der Waals surface area contributed by atoms with Crippen LogP contribution >= 0.6 is 0 Å². The van der Waals surface area contributed by atoms with Crippen molar-refractivity contribution in [2.24, 2.45) is 5.92 Å². The molecule has 1 aliphatic rings. The van der Waals surface area contributed by atoms with Gasteiger partial charge in [-0.25, -0.2) is 0 Å². The van der Waals surface area contributed by atoms with Crippen molar-refractivity contribution < 1.29 is 14.6 Å². The highest BCUT2D eigenvalue weighted by molar-refractivity contribution is 5.78. The lowest BCUT2D eigenvalue weighted by atomic mass is 10.0. The van der Waals surface area contributed by atoms with E-state index in [-0.39, 0.29) is 25.0 Å². The van der Waals surface area contributed by atoms with Crippen LogP contribution in [0, 0.1) is 5.92 Å². The zero-order valence-electron chi connectivity index (χ0n) is 12.2. The van der Waals surface area contributed by atoms with Crippen LogP contribution in [0.4, 0.5) is 0 Å². The van der Waals surface area contributed by atoms with Gasteiger partial charge in [-0.2, -0.15) is 0 Å². The first-order chi connectivity index (χ1) is 9.60. The van der Waals surface area contributed by atoms with E-state index >= 15 is 0 Å². The summed E-state index contributed by atoms with van der Waals surface area (Å²) in [5, 5.41) is 9.08. The number of benzene rings is 1. The first-order valence-corrected chi connectivity index (χ1v) is 7.21. The predicted molar refractivity (Wildman–Crippen MR) is 77.8 cm³/mol. The van der Waals surface area contributed by atoms with Crippen LogP contribution in [0.1, 0.15) is 31.7 Å². The molecule has 4 heteroatoms. The zero-order chi connectivity index (χ0) is 14.5. The summed E-state index contributed by atoms with van der Waals surface area (Å²) in [7, 11) is 0. The van der Waals surface area contributed by atoms with Gasteiger partial charge in [0.1, 0.15) is 5.75 Å². The molecule has 1 aliphatic heterocycles. The lowest BCUT2D eigenvalue weighted by molar-refractivity contribution is -0.132. The number of amides is 1. The molecule has 0 radical (unpaired) electrons. The van der Waals surface area contributed by atoms with Crippen molar-refractivity contribution in [3.8, 4) is 5.75 Å². The second-order valence-corrected chi connectivity index (χ2v) is 5.69. The van der Waals surface area contributed by atoms with Crippen LogP contribution in [-0.4, -0.2) is 42.2 Å². The Bertz CT molecular complexity index is 442. The molecule has 20 heavy (non-hydrogen) atoms. The second kappa shape index (κ2) is 6.75. The van der Waals surface area contributed by atoms with E-state index in [1.807, 2.05) is 24.3 Å². The summed E-state index contributed by atoms with van der Waals surface area (Å²) >= 11 is 0. The van der Waals surface area contributed by atoms with Gasteiger partial charge in [-0.3, -0.25) is 4.79 Å². The number of carbonyl (C=O) groups excluding carboxylic acids is 1. The average Bonchev–Trinajstić information content (AvgIpc) is 2.94. The SMILES string of the molecule is CC(C)c1ccc(OCC(=O)N2CCC(CO)C2)cc1. The maximum absolute atomic E-state index is 12.0. The molecule has 1 fully saturated rings. The molecule has 1 aromatic rings. The third kappa shape index (κ3) is 3.73. The Hall–Kier alpha value is -1.55. The molecule has 0 saturated carbocycles. The monoisotopic (exact) mass is 277 g/mol. The first-order valence-electron chi connectivity index (χ1n) is 7.21. The molecule has 0 bridgehead atoms. The maximum atomic E-state index is 12.0. The molecule has 110 valence electrons. The number of hydrogen-bond acceptors (Lipinski definition) is 3. The minimum absolute atomic E-state index is 0.00566. The third-order valence-electron chi connectivity index (χ3n) is 3.81. The Morgan fingerprint density at radius 1 is 1.40 bits per heavy atom. The van der Waals surface area contributed by atoms with E-state index in [1.54, 1.807) is 4.90 Å². The van der Waals surface area contributed by atoms with Crippen molar-refractivity contribution in [1.82, 2.24) is 4.90 Å². The Labute approximate surface area is 120 Å². The fourth-order valence-corrected chi connectivity index (χ4v) is 2.39. The van der Waals surface area contributed by atoms with Gasteiger partial charge in [-0.15, -0.1) is 0 Å². The van der Waals surface area contributed by atoms with Crippen molar-refractivity contribution in [2.45, 2.75) is 26.2 Å². The summed E-state index contributed by atoms with van der Waals surface area (Å²) in [6, 6.07) is 7.87. The number of likely N-dealkylation sites (tertiary alicyclic amines) is 1. The number of hydrogen-bond donors (Lipinski definition) is 1. The summed E-state index contributed by atoms with van der Waals surface area (Å²) in [6.45, 7) is 5.87. The van der Waals surface area contributed by atoms with Crippen LogP contribution in [-0.2, 0) is 4.79 Å².